The molecule has 0 N–H and O–H groups in total. The van der Waals surface area contributed by atoms with E-state index < -0.39 is 0 Å². The van der Waals surface area contributed by atoms with Crippen molar-refractivity contribution in [1.29, 1.82) is 5.26 Å². The van der Waals surface area contributed by atoms with E-state index in [0.29, 0.717) is 11.4 Å². The summed E-state index contributed by atoms with van der Waals surface area (Å²) in [6.07, 6.45) is 9.43. The SMILES string of the molecule is Cc1ncc2c(C#N)cn(C3=CC=C3)c2n1. The van der Waals surface area contributed by atoms with Gasteiger partial charge in [0.25, 0.3) is 0 Å². The molecule has 3 rings (SSSR count). The average molecular weight is 208 g/mol. The fourth-order valence-electron chi connectivity index (χ4n) is 1.72. The molecule has 0 aromatic carbocycles. The van der Waals surface area contributed by atoms with E-state index in [4.69, 9.17) is 5.26 Å². The first kappa shape index (κ1) is 8.86. The summed E-state index contributed by atoms with van der Waals surface area (Å²) in [5.41, 5.74) is 2.44. The number of hydrogen-bond donors (Lipinski definition) is 0. The number of rotatable bonds is 1. The molecular formula is C12H8N4. The number of aryl methyl sites for hydroxylation is 1. The lowest BCUT2D eigenvalue weighted by molar-refractivity contribution is 1.04. The molecular weight excluding hydrogens is 200 g/mol. The third kappa shape index (κ3) is 1.09. The number of nitrogens with zero attached hydrogens (tertiary/aromatic N) is 4. The van der Waals surface area contributed by atoms with Gasteiger partial charge in [-0.25, -0.2) is 9.97 Å². The van der Waals surface area contributed by atoms with E-state index in [0.717, 1.165) is 16.7 Å². The van der Waals surface area contributed by atoms with Gasteiger partial charge in [-0.3, -0.25) is 4.57 Å². The molecule has 0 spiro atoms. The van der Waals surface area contributed by atoms with Crippen LogP contribution in [-0.2, 0) is 0 Å². The number of nitriles is 1. The standard InChI is InChI=1S/C12H8N4/c1-8-14-6-11-9(5-13)7-16(12(11)15-8)10-3-2-4-10/h2-4,6-7H,1H3. The normalized spacial score (nSPS) is 13.4. The lowest BCUT2D eigenvalue weighted by atomic mass is 10.2. The van der Waals surface area contributed by atoms with Crippen molar-refractivity contribution in [3.05, 3.63) is 42.0 Å². The van der Waals surface area contributed by atoms with Crippen LogP contribution in [-0.4, -0.2) is 14.5 Å². The first-order valence-corrected chi connectivity index (χ1v) is 4.93. The molecule has 0 bridgehead atoms. The molecule has 2 aromatic heterocycles. The van der Waals surface area contributed by atoms with Crippen LogP contribution >= 0.6 is 0 Å². The van der Waals surface area contributed by atoms with E-state index in [-0.39, 0.29) is 0 Å². The largest absolute Gasteiger partial charge is 0.300 e. The molecule has 2 aromatic rings. The van der Waals surface area contributed by atoms with E-state index in [1.165, 1.54) is 0 Å². The molecule has 1 aliphatic carbocycles. The van der Waals surface area contributed by atoms with Gasteiger partial charge in [0.05, 0.1) is 10.9 Å². The Balaban J connectivity index is 2.36. The summed E-state index contributed by atoms with van der Waals surface area (Å²) >= 11 is 0. The van der Waals surface area contributed by atoms with Gasteiger partial charge >= 0.3 is 0 Å². The Morgan fingerprint density at radius 3 is 2.88 bits per heavy atom. The summed E-state index contributed by atoms with van der Waals surface area (Å²) in [5, 5.41) is 9.83. The van der Waals surface area contributed by atoms with E-state index >= 15 is 0 Å². The second-order valence-corrected chi connectivity index (χ2v) is 3.63. The van der Waals surface area contributed by atoms with Gasteiger partial charge in [0.2, 0.25) is 0 Å². The minimum atomic E-state index is 0.608. The fraction of sp³-hybridized carbons (Fsp3) is 0.0833. The number of hydrogen-bond acceptors (Lipinski definition) is 3. The summed E-state index contributed by atoms with van der Waals surface area (Å²) in [7, 11) is 0. The molecule has 0 amide bonds. The Morgan fingerprint density at radius 1 is 1.44 bits per heavy atom. The first-order valence-electron chi connectivity index (χ1n) is 4.93. The highest BCUT2D eigenvalue weighted by Crippen LogP contribution is 2.25. The van der Waals surface area contributed by atoms with Crippen molar-refractivity contribution in [1.82, 2.24) is 14.5 Å². The van der Waals surface area contributed by atoms with Gasteiger partial charge in [0.1, 0.15) is 17.5 Å². The summed E-state index contributed by atoms with van der Waals surface area (Å²) < 4.78 is 1.92. The average Bonchev–Trinajstić information content (AvgIpc) is 2.54. The van der Waals surface area contributed by atoms with Crippen LogP contribution in [0.2, 0.25) is 0 Å². The molecule has 0 saturated carbocycles. The van der Waals surface area contributed by atoms with Crippen molar-refractivity contribution in [2.75, 3.05) is 0 Å². The maximum atomic E-state index is 9.03. The maximum Gasteiger partial charge on any atom is 0.149 e. The second kappa shape index (κ2) is 3.04. The molecule has 4 heteroatoms. The molecule has 0 atom stereocenters. The van der Waals surface area contributed by atoms with Crippen molar-refractivity contribution in [3.63, 3.8) is 0 Å². The summed E-state index contributed by atoms with van der Waals surface area (Å²) in [6, 6.07) is 2.16. The van der Waals surface area contributed by atoms with Gasteiger partial charge in [-0.15, -0.1) is 0 Å². The highest BCUT2D eigenvalue weighted by Gasteiger charge is 2.13. The molecule has 1 aliphatic rings. The van der Waals surface area contributed by atoms with E-state index in [1.54, 1.807) is 12.4 Å². The zero-order chi connectivity index (χ0) is 11.1. The second-order valence-electron chi connectivity index (χ2n) is 3.63. The zero-order valence-corrected chi connectivity index (χ0v) is 8.68. The van der Waals surface area contributed by atoms with Gasteiger partial charge in [0, 0.05) is 18.1 Å². The van der Waals surface area contributed by atoms with Crippen LogP contribution in [0.25, 0.3) is 16.7 Å². The van der Waals surface area contributed by atoms with Crippen LogP contribution in [0, 0.1) is 18.3 Å². The molecule has 0 aliphatic heterocycles. The van der Waals surface area contributed by atoms with E-state index in [1.807, 2.05) is 29.7 Å². The van der Waals surface area contributed by atoms with Crippen molar-refractivity contribution in [3.8, 4) is 6.07 Å². The number of aromatic nitrogens is 3. The molecule has 2 heterocycles. The van der Waals surface area contributed by atoms with Gasteiger partial charge in [0.15, 0.2) is 0 Å². The topological polar surface area (TPSA) is 54.5 Å². The monoisotopic (exact) mass is 208 g/mol. The van der Waals surface area contributed by atoms with Crippen LogP contribution in [0.3, 0.4) is 0 Å². The predicted octanol–water partition coefficient (Wildman–Crippen LogP) is 2.02. The predicted molar refractivity (Wildman–Crippen MR) is 60.4 cm³/mol. The smallest absolute Gasteiger partial charge is 0.149 e. The van der Waals surface area contributed by atoms with Crippen LogP contribution in [0.5, 0.6) is 0 Å². The minimum Gasteiger partial charge on any atom is -0.300 e. The van der Waals surface area contributed by atoms with Crippen molar-refractivity contribution < 1.29 is 0 Å². The third-order valence-corrected chi connectivity index (χ3v) is 2.60. The molecule has 0 fully saturated rings. The van der Waals surface area contributed by atoms with Crippen LogP contribution in [0.15, 0.2) is 30.6 Å². The van der Waals surface area contributed by atoms with E-state index in [2.05, 4.69) is 16.0 Å². The third-order valence-electron chi connectivity index (χ3n) is 2.60. The van der Waals surface area contributed by atoms with Crippen molar-refractivity contribution in [2.24, 2.45) is 0 Å². The summed E-state index contributed by atoms with van der Waals surface area (Å²) in [5.74, 6) is 0.709. The van der Waals surface area contributed by atoms with Gasteiger partial charge in [-0.1, -0.05) is 6.08 Å². The number of allylic oxidation sites excluding steroid dienone is 4. The molecule has 16 heavy (non-hydrogen) atoms. The van der Waals surface area contributed by atoms with Gasteiger partial charge in [-0.05, 0) is 19.1 Å². The molecule has 0 radical (unpaired) electrons. The van der Waals surface area contributed by atoms with Crippen molar-refractivity contribution >= 4 is 16.7 Å². The lowest BCUT2D eigenvalue weighted by Crippen LogP contribution is -1.99. The minimum absolute atomic E-state index is 0.608. The highest BCUT2D eigenvalue weighted by atomic mass is 15.1. The Morgan fingerprint density at radius 2 is 2.25 bits per heavy atom. The van der Waals surface area contributed by atoms with Crippen LogP contribution in [0.4, 0.5) is 0 Å². The van der Waals surface area contributed by atoms with Crippen LogP contribution in [0.1, 0.15) is 11.4 Å². The fourth-order valence-corrected chi connectivity index (χ4v) is 1.72. The quantitative estimate of drug-likeness (QED) is 0.720. The zero-order valence-electron chi connectivity index (χ0n) is 8.68. The first-order chi connectivity index (χ1) is 7.79. The van der Waals surface area contributed by atoms with Crippen LogP contribution < -0.4 is 0 Å². The molecule has 4 nitrogen and oxygen atoms in total. The summed E-state index contributed by atoms with van der Waals surface area (Å²) in [4.78, 5) is 8.49. The Kier molecular flexibility index (Phi) is 1.68. The highest BCUT2D eigenvalue weighted by molar-refractivity contribution is 5.87. The van der Waals surface area contributed by atoms with Crippen molar-refractivity contribution in [2.45, 2.75) is 6.92 Å². The Hall–Kier alpha value is -2.41. The maximum absolute atomic E-state index is 9.03. The molecule has 76 valence electrons. The number of fused-ring (bicyclic) bond motifs is 1. The molecule has 0 saturated heterocycles. The Labute approximate surface area is 92.2 Å². The van der Waals surface area contributed by atoms with E-state index in [9.17, 15) is 0 Å². The lowest BCUT2D eigenvalue weighted by Gasteiger charge is -2.09. The Bertz CT molecular complexity index is 683. The summed E-state index contributed by atoms with van der Waals surface area (Å²) in [6.45, 7) is 1.84. The molecule has 0 unspecified atom stereocenters. The van der Waals surface area contributed by atoms with Gasteiger partial charge < -0.3 is 0 Å². The van der Waals surface area contributed by atoms with Gasteiger partial charge in [-0.2, -0.15) is 5.26 Å².